The summed E-state index contributed by atoms with van der Waals surface area (Å²) in [7, 11) is 2.02. The Hall–Kier alpha value is -1.69. The Morgan fingerprint density at radius 3 is 2.50 bits per heavy atom. The summed E-state index contributed by atoms with van der Waals surface area (Å²) in [4.78, 5) is 11.8. The molecular formula is C18H31BN2O3. The van der Waals surface area contributed by atoms with Crippen molar-refractivity contribution in [3.63, 3.8) is 0 Å². The molecule has 0 saturated carbocycles. The maximum atomic E-state index is 11.8. The van der Waals surface area contributed by atoms with Crippen molar-refractivity contribution in [1.82, 2.24) is 5.32 Å². The molecule has 1 rings (SSSR count). The third kappa shape index (κ3) is 7.26. The number of aryl methyl sites for hydroxylation is 1. The van der Waals surface area contributed by atoms with Gasteiger partial charge in [0.05, 0.1) is 5.60 Å². The molecule has 4 N–H and O–H groups in total. The van der Waals surface area contributed by atoms with Crippen molar-refractivity contribution in [3.05, 3.63) is 29.3 Å². The van der Waals surface area contributed by atoms with Crippen LogP contribution in [-0.4, -0.2) is 36.8 Å². The highest BCUT2D eigenvalue weighted by Gasteiger charge is 2.19. The van der Waals surface area contributed by atoms with Gasteiger partial charge in [-0.15, -0.1) is 0 Å². The van der Waals surface area contributed by atoms with Gasteiger partial charge in [-0.05, 0) is 64.4 Å². The van der Waals surface area contributed by atoms with Crippen LogP contribution >= 0.6 is 0 Å². The van der Waals surface area contributed by atoms with E-state index in [9.17, 15) is 9.90 Å². The number of para-hydroxylation sites is 1. The summed E-state index contributed by atoms with van der Waals surface area (Å²) in [5, 5.41) is 12.7. The van der Waals surface area contributed by atoms with E-state index in [1.54, 1.807) is 13.8 Å². The summed E-state index contributed by atoms with van der Waals surface area (Å²) in [6.45, 7) is 9.54. The monoisotopic (exact) mass is 334 g/mol. The minimum atomic E-state index is -0.716. The summed E-state index contributed by atoms with van der Waals surface area (Å²) in [6, 6.07) is 5.93. The van der Waals surface area contributed by atoms with Crippen LogP contribution in [0, 0.1) is 0 Å². The summed E-state index contributed by atoms with van der Waals surface area (Å²) < 4.78 is 5.24. The lowest BCUT2D eigenvalue weighted by Gasteiger charge is -2.22. The average Bonchev–Trinajstić information content (AvgIpc) is 2.41. The van der Waals surface area contributed by atoms with Crippen LogP contribution in [0.3, 0.4) is 0 Å². The molecule has 0 aliphatic heterocycles. The minimum Gasteiger partial charge on any atom is -0.444 e. The van der Waals surface area contributed by atoms with E-state index < -0.39 is 17.3 Å². The molecule has 1 unspecified atom stereocenters. The lowest BCUT2D eigenvalue weighted by molar-refractivity contribution is 0.0527. The first kappa shape index (κ1) is 20.4. The lowest BCUT2D eigenvalue weighted by Crippen LogP contribution is -2.35. The second-order valence-corrected chi connectivity index (χ2v) is 8.02. The smallest absolute Gasteiger partial charge is 0.407 e. The molecule has 0 fully saturated rings. The van der Waals surface area contributed by atoms with E-state index in [0.717, 1.165) is 23.2 Å². The minimum absolute atomic E-state index is 0.0691. The molecule has 0 saturated heterocycles. The van der Waals surface area contributed by atoms with E-state index in [2.05, 4.69) is 5.32 Å². The van der Waals surface area contributed by atoms with Gasteiger partial charge in [-0.2, -0.15) is 0 Å². The van der Waals surface area contributed by atoms with Crippen LogP contribution in [0.4, 0.5) is 10.5 Å². The second-order valence-electron chi connectivity index (χ2n) is 8.02. The molecule has 1 atom stereocenters. The van der Waals surface area contributed by atoms with Crippen LogP contribution in [0.5, 0.6) is 0 Å². The number of hydrogen-bond acceptors (Lipinski definition) is 4. The van der Waals surface area contributed by atoms with E-state index in [1.807, 2.05) is 46.8 Å². The molecule has 0 aliphatic rings. The first-order chi connectivity index (χ1) is 10.9. The predicted molar refractivity (Wildman–Crippen MR) is 101 cm³/mol. The molecule has 1 amide bonds. The third-order valence-electron chi connectivity index (χ3n) is 3.72. The molecule has 0 aromatic heterocycles. The zero-order valence-corrected chi connectivity index (χ0v) is 15.8. The van der Waals surface area contributed by atoms with Gasteiger partial charge in [-0.25, -0.2) is 4.79 Å². The number of benzene rings is 1. The fourth-order valence-corrected chi connectivity index (χ4v) is 2.38. The van der Waals surface area contributed by atoms with Gasteiger partial charge in [-0.3, -0.25) is 0 Å². The quantitative estimate of drug-likeness (QED) is 0.550. The van der Waals surface area contributed by atoms with Crippen molar-refractivity contribution >= 4 is 19.6 Å². The van der Waals surface area contributed by atoms with E-state index in [1.165, 1.54) is 0 Å². The number of ether oxygens (including phenoxy) is 1. The second kappa shape index (κ2) is 7.93. The Labute approximate surface area is 146 Å². The highest BCUT2D eigenvalue weighted by atomic mass is 16.6. The summed E-state index contributed by atoms with van der Waals surface area (Å²) >= 11 is 0. The van der Waals surface area contributed by atoms with Crippen molar-refractivity contribution in [1.29, 1.82) is 0 Å². The average molecular weight is 334 g/mol. The molecule has 0 bridgehead atoms. The zero-order chi connectivity index (χ0) is 18.5. The topological polar surface area (TPSA) is 84.6 Å². The van der Waals surface area contributed by atoms with E-state index in [0.29, 0.717) is 13.0 Å². The summed E-state index contributed by atoms with van der Waals surface area (Å²) in [6.07, 6.45) is 0.937. The van der Waals surface area contributed by atoms with Gasteiger partial charge >= 0.3 is 6.09 Å². The lowest BCUT2D eigenvalue weighted by atomic mass is 9.79. The van der Waals surface area contributed by atoms with Crippen LogP contribution < -0.4 is 11.1 Å². The Balaban J connectivity index is 2.70. The van der Waals surface area contributed by atoms with Crippen LogP contribution in [0.25, 0.3) is 0 Å². The van der Waals surface area contributed by atoms with Gasteiger partial charge in [0, 0.05) is 12.2 Å². The molecule has 6 heteroatoms. The number of nitrogens with two attached hydrogens (primary N) is 1. The van der Waals surface area contributed by atoms with Gasteiger partial charge in [-0.1, -0.05) is 18.2 Å². The molecule has 0 aliphatic carbocycles. The number of amides is 1. The molecule has 0 spiro atoms. The maximum absolute atomic E-state index is 11.8. The van der Waals surface area contributed by atoms with Crippen LogP contribution in [-0.2, 0) is 11.2 Å². The molecule has 0 radical (unpaired) electrons. The van der Waals surface area contributed by atoms with Crippen molar-refractivity contribution in [2.75, 3.05) is 12.3 Å². The number of alkyl carbamates (subject to hydrolysis) is 1. The first-order valence-corrected chi connectivity index (χ1v) is 8.45. The van der Waals surface area contributed by atoms with E-state index in [-0.39, 0.29) is 5.82 Å². The van der Waals surface area contributed by atoms with E-state index >= 15 is 0 Å². The highest BCUT2D eigenvalue weighted by molar-refractivity contribution is 6.13. The molecule has 0 heterocycles. The number of anilines is 1. The Kier molecular flexibility index (Phi) is 6.72. The van der Waals surface area contributed by atoms with E-state index in [4.69, 9.17) is 10.5 Å². The van der Waals surface area contributed by atoms with Crippen molar-refractivity contribution in [3.8, 4) is 0 Å². The normalized spacial score (nSPS) is 13.4. The van der Waals surface area contributed by atoms with Gasteiger partial charge in [0.1, 0.15) is 13.4 Å². The van der Waals surface area contributed by atoms with Gasteiger partial charge < -0.3 is 20.9 Å². The number of hydrogen-bond donors (Lipinski definition) is 3. The molecule has 1 aromatic carbocycles. The fraction of sp³-hybridized carbons (Fsp3) is 0.611. The van der Waals surface area contributed by atoms with Gasteiger partial charge in [0.15, 0.2) is 0 Å². The number of rotatable bonds is 6. The third-order valence-corrected chi connectivity index (χ3v) is 3.72. The van der Waals surface area contributed by atoms with Gasteiger partial charge in [0.2, 0.25) is 0 Å². The Morgan fingerprint density at radius 1 is 1.33 bits per heavy atom. The Morgan fingerprint density at radius 2 is 1.96 bits per heavy atom. The van der Waals surface area contributed by atoms with Crippen molar-refractivity contribution in [2.45, 2.75) is 64.5 Å². The Bertz CT molecular complexity index is 562. The van der Waals surface area contributed by atoms with Crippen molar-refractivity contribution in [2.24, 2.45) is 0 Å². The first-order valence-electron chi connectivity index (χ1n) is 8.45. The molecule has 1 aromatic rings. The number of aliphatic hydroxyl groups is 1. The zero-order valence-electron chi connectivity index (χ0n) is 15.8. The fourth-order valence-electron chi connectivity index (χ4n) is 2.38. The number of nitrogen functional groups attached to an aromatic ring is 1. The van der Waals surface area contributed by atoms with Gasteiger partial charge in [0.25, 0.3) is 0 Å². The largest absolute Gasteiger partial charge is 0.444 e. The number of carbonyl (C=O) groups is 1. The standard InChI is InChI=1S/C18H31BN2O3/c1-17(2,3)24-16(22)21-11-14(19)13-8-6-7-12(15(13)20)9-10-18(4,5)23/h6-8,14,23H,9-11,19-20H2,1-5H3,(H,21,22). The molecule has 134 valence electrons. The SMILES string of the molecule is BC(CNC(=O)OC(C)(C)C)c1cccc(CCC(C)(C)O)c1N. The molecule has 24 heavy (non-hydrogen) atoms. The highest BCUT2D eigenvalue weighted by Crippen LogP contribution is 2.26. The summed E-state index contributed by atoms with van der Waals surface area (Å²) in [5.74, 6) is 0.0691. The molecular weight excluding hydrogens is 303 g/mol. The summed E-state index contributed by atoms with van der Waals surface area (Å²) in [5.41, 5.74) is 7.83. The molecule has 5 nitrogen and oxygen atoms in total. The van der Waals surface area contributed by atoms with Crippen molar-refractivity contribution < 1.29 is 14.6 Å². The number of nitrogens with one attached hydrogen (secondary N) is 1. The van der Waals surface area contributed by atoms with Crippen LogP contribution in [0.2, 0.25) is 0 Å². The predicted octanol–water partition coefficient (Wildman–Crippen LogP) is 2.17. The maximum Gasteiger partial charge on any atom is 0.407 e. The van der Waals surface area contributed by atoms with Crippen LogP contribution in [0.15, 0.2) is 18.2 Å². The number of carbonyl (C=O) groups excluding carboxylic acids is 1. The van der Waals surface area contributed by atoms with Crippen LogP contribution in [0.1, 0.15) is 58.0 Å².